The van der Waals surface area contributed by atoms with Crippen LogP contribution in [0.1, 0.15) is 5.56 Å². The third-order valence-corrected chi connectivity index (χ3v) is 6.39. The van der Waals surface area contributed by atoms with Gasteiger partial charge >= 0.3 is 0 Å². The van der Waals surface area contributed by atoms with Crippen molar-refractivity contribution in [2.45, 2.75) is 19.6 Å². The molecule has 0 saturated heterocycles. The van der Waals surface area contributed by atoms with Crippen molar-refractivity contribution in [3.63, 3.8) is 0 Å². The molecule has 0 aliphatic rings. The van der Waals surface area contributed by atoms with Gasteiger partial charge in [0.1, 0.15) is 11.5 Å². The highest BCUT2D eigenvalue weighted by Gasteiger charge is 2.25. The molecule has 4 rings (SSSR count). The van der Waals surface area contributed by atoms with E-state index in [0.717, 1.165) is 32.8 Å². The Morgan fingerprint density at radius 3 is 2.58 bits per heavy atom. The molecule has 4 aromatic rings. The third kappa shape index (κ3) is 2.11. The van der Waals surface area contributed by atoms with E-state index in [1.165, 1.54) is 11.3 Å². The molecular weight excluding hydrogens is 317 g/mol. The van der Waals surface area contributed by atoms with Crippen LogP contribution in [0.25, 0.3) is 32.8 Å². The van der Waals surface area contributed by atoms with Crippen LogP contribution in [0.3, 0.4) is 0 Å². The van der Waals surface area contributed by atoms with E-state index in [9.17, 15) is 9.65 Å². The van der Waals surface area contributed by atoms with Crippen LogP contribution in [0.2, 0.25) is 19.6 Å². The third-order valence-electron chi connectivity index (χ3n) is 4.37. The summed E-state index contributed by atoms with van der Waals surface area (Å²) in [7, 11) is -1.80. The number of nitriles is 1. The van der Waals surface area contributed by atoms with E-state index < -0.39 is 8.07 Å². The van der Waals surface area contributed by atoms with E-state index in [0.29, 0.717) is 5.56 Å². The van der Waals surface area contributed by atoms with Gasteiger partial charge in [-0.3, -0.25) is 0 Å². The number of aromatic nitrogens is 2. The summed E-state index contributed by atoms with van der Waals surface area (Å²) in [6.45, 7) is 6.75. The Morgan fingerprint density at radius 2 is 1.88 bits per heavy atom. The maximum absolute atomic E-state index is 13.9. The summed E-state index contributed by atoms with van der Waals surface area (Å²) in [6, 6.07) is 12.6. The number of fused-ring (bicyclic) bond motifs is 4. The normalized spacial score (nSPS) is 12.1. The number of nitrogens with zero attached hydrogens (tertiary/aromatic N) is 2. The van der Waals surface area contributed by atoms with Gasteiger partial charge in [-0.2, -0.15) is 5.26 Å². The number of pyridine rings is 1. The van der Waals surface area contributed by atoms with Crippen molar-refractivity contribution in [2.75, 3.05) is 0 Å². The first-order chi connectivity index (χ1) is 11.4. The van der Waals surface area contributed by atoms with Crippen molar-refractivity contribution in [1.29, 1.82) is 5.26 Å². The highest BCUT2D eigenvalue weighted by molar-refractivity contribution is 6.92. The van der Waals surface area contributed by atoms with Crippen LogP contribution in [-0.2, 0) is 0 Å². The number of hydrogen-bond donors (Lipinski definition) is 1. The van der Waals surface area contributed by atoms with Gasteiger partial charge in [-0.15, -0.1) is 0 Å². The minimum atomic E-state index is -1.80. The predicted molar refractivity (Wildman–Crippen MR) is 98.8 cm³/mol. The average molecular weight is 333 g/mol. The lowest BCUT2D eigenvalue weighted by Crippen LogP contribution is -2.39. The minimum Gasteiger partial charge on any atom is -0.339 e. The predicted octanol–water partition coefficient (Wildman–Crippen LogP) is 4.43. The molecule has 5 heteroatoms. The zero-order chi connectivity index (χ0) is 17.1. The van der Waals surface area contributed by atoms with Crippen LogP contribution in [0.15, 0.2) is 36.4 Å². The Kier molecular flexibility index (Phi) is 3.03. The molecule has 0 bridgehead atoms. The number of H-pyrrole nitrogens is 1. The first-order valence-corrected chi connectivity index (χ1v) is 11.3. The number of nitrogens with one attached hydrogen (secondary N) is 1. The van der Waals surface area contributed by atoms with Crippen molar-refractivity contribution < 1.29 is 4.39 Å². The molecule has 0 saturated carbocycles. The molecule has 118 valence electrons. The number of benzene rings is 2. The number of hydrogen-bond acceptors (Lipinski definition) is 2. The fourth-order valence-corrected chi connectivity index (χ4v) is 5.44. The first-order valence-electron chi connectivity index (χ1n) is 7.84. The second-order valence-corrected chi connectivity index (χ2v) is 12.1. The standard InChI is InChI=1S/C19H16FN3Si/c1-24(2,3)18-14-9-12(20)5-7-16(14)23-19-17(18)13-8-11(10-21)4-6-15(13)22-19/h4-9H,1-3H3,(H,22,23). The largest absolute Gasteiger partial charge is 0.339 e. The van der Waals surface area contributed by atoms with E-state index in [4.69, 9.17) is 4.98 Å². The zero-order valence-corrected chi connectivity index (χ0v) is 14.7. The van der Waals surface area contributed by atoms with Crippen molar-refractivity contribution in [3.8, 4) is 6.07 Å². The lowest BCUT2D eigenvalue weighted by molar-refractivity contribution is 0.629. The van der Waals surface area contributed by atoms with Crippen molar-refractivity contribution in [3.05, 3.63) is 47.8 Å². The van der Waals surface area contributed by atoms with Gasteiger partial charge in [0, 0.05) is 21.7 Å². The van der Waals surface area contributed by atoms with E-state index in [1.807, 2.05) is 12.1 Å². The van der Waals surface area contributed by atoms with Gasteiger partial charge < -0.3 is 4.98 Å². The minimum absolute atomic E-state index is 0.249. The molecule has 2 heterocycles. The van der Waals surface area contributed by atoms with Gasteiger partial charge in [0.25, 0.3) is 0 Å². The summed E-state index contributed by atoms with van der Waals surface area (Å²) in [6.07, 6.45) is 0. The van der Waals surface area contributed by atoms with Crippen LogP contribution in [0.5, 0.6) is 0 Å². The Morgan fingerprint density at radius 1 is 1.08 bits per heavy atom. The highest BCUT2D eigenvalue weighted by atomic mass is 28.3. The number of halogens is 1. The molecule has 0 aliphatic heterocycles. The summed E-state index contributed by atoms with van der Waals surface area (Å²) >= 11 is 0. The molecule has 0 radical (unpaired) electrons. The molecule has 2 aromatic carbocycles. The van der Waals surface area contributed by atoms with E-state index in [2.05, 4.69) is 30.7 Å². The Hall–Kier alpha value is -2.71. The molecule has 0 unspecified atom stereocenters. The molecule has 0 spiro atoms. The SMILES string of the molecule is C[Si](C)(C)c1c2cc(F)ccc2nc2[nH]c3ccc(C#N)cc3c12. The second-order valence-electron chi connectivity index (χ2n) is 7.12. The Balaban J connectivity index is 2.31. The summed E-state index contributed by atoms with van der Waals surface area (Å²) in [5.41, 5.74) is 3.17. The molecule has 2 aromatic heterocycles. The van der Waals surface area contributed by atoms with Gasteiger partial charge in [0.2, 0.25) is 0 Å². The van der Waals surface area contributed by atoms with Gasteiger partial charge in [0.15, 0.2) is 0 Å². The maximum Gasteiger partial charge on any atom is 0.138 e. The summed E-state index contributed by atoms with van der Waals surface area (Å²) in [5.74, 6) is -0.249. The molecule has 0 amide bonds. The molecule has 3 nitrogen and oxygen atoms in total. The highest BCUT2D eigenvalue weighted by Crippen LogP contribution is 2.29. The van der Waals surface area contributed by atoms with Crippen LogP contribution >= 0.6 is 0 Å². The van der Waals surface area contributed by atoms with Crippen LogP contribution in [0, 0.1) is 17.1 Å². The van der Waals surface area contributed by atoms with Gasteiger partial charge in [-0.1, -0.05) is 19.6 Å². The monoisotopic (exact) mass is 333 g/mol. The lowest BCUT2D eigenvalue weighted by atomic mass is 10.1. The van der Waals surface area contributed by atoms with Gasteiger partial charge in [-0.05, 0) is 41.6 Å². The second kappa shape index (κ2) is 4.89. The quantitative estimate of drug-likeness (QED) is 0.524. The Bertz CT molecular complexity index is 1160. The van der Waals surface area contributed by atoms with E-state index in [-0.39, 0.29) is 5.82 Å². The summed E-state index contributed by atoms with van der Waals surface area (Å²) < 4.78 is 13.9. The summed E-state index contributed by atoms with van der Waals surface area (Å²) in [5, 5.41) is 13.3. The topological polar surface area (TPSA) is 52.5 Å². The van der Waals surface area contributed by atoms with Crippen LogP contribution in [-0.4, -0.2) is 18.0 Å². The molecule has 0 atom stereocenters. The molecular formula is C19H16FN3Si. The van der Waals surface area contributed by atoms with Crippen molar-refractivity contribution in [2.24, 2.45) is 0 Å². The zero-order valence-electron chi connectivity index (χ0n) is 13.7. The van der Waals surface area contributed by atoms with Crippen molar-refractivity contribution in [1.82, 2.24) is 9.97 Å². The molecule has 1 N–H and O–H groups in total. The molecule has 0 aliphatic carbocycles. The van der Waals surface area contributed by atoms with E-state index >= 15 is 0 Å². The van der Waals surface area contributed by atoms with Gasteiger partial charge in [0.05, 0.1) is 25.2 Å². The average Bonchev–Trinajstić information content (AvgIpc) is 2.88. The number of aromatic amines is 1. The summed E-state index contributed by atoms with van der Waals surface area (Å²) in [4.78, 5) is 8.06. The first kappa shape index (κ1) is 14.9. The van der Waals surface area contributed by atoms with Gasteiger partial charge in [-0.25, -0.2) is 9.37 Å². The fourth-order valence-electron chi connectivity index (χ4n) is 3.42. The van der Waals surface area contributed by atoms with Crippen molar-refractivity contribution >= 4 is 46.1 Å². The smallest absolute Gasteiger partial charge is 0.138 e. The Labute approximate surface area is 139 Å². The molecule has 0 fully saturated rings. The lowest BCUT2D eigenvalue weighted by Gasteiger charge is -2.20. The maximum atomic E-state index is 13.9. The number of rotatable bonds is 1. The van der Waals surface area contributed by atoms with E-state index in [1.54, 1.807) is 18.2 Å². The van der Waals surface area contributed by atoms with Crippen LogP contribution < -0.4 is 5.19 Å². The molecule has 24 heavy (non-hydrogen) atoms. The van der Waals surface area contributed by atoms with Crippen LogP contribution in [0.4, 0.5) is 4.39 Å². The fraction of sp³-hybridized carbons (Fsp3) is 0.158.